The van der Waals surface area contributed by atoms with Crippen molar-refractivity contribution in [3.05, 3.63) is 23.3 Å². The number of ether oxygens (including phenoxy) is 2. The van der Waals surface area contributed by atoms with Gasteiger partial charge in [-0.2, -0.15) is 0 Å². The maximum atomic E-state index is 12.0. The van der Waals surface area contributed by atoms with E-state index in [9.17, 15) is 4.79 Å². The molecule has 0 fully saturated rings. The Morgan fingerprint density at radius 3 is 2.35 bits per heavy atom. The Kier molecular flexibility index (Phi) is 6.36. The lowest BCUT2D eigenvalue weighted by Gasteiger charge is -2.16. The second kappa shape index (κ2) is 7.78. The van der Waals surface area contributed by atoms with Crippen molar-refractivity contribution in [2.45, 2.75) is 40.2 Å². The highest BCUT2D eigenvalue weighted by Crippen LogP contribution is 2.31. The van der Waals surface area contributed by atoms with Crippen LogP contribution in [0.1, 0.15) is 37.8 Å². The standard InChI is InChI=1S/C16H25NO3/c1-6-12(7-2)16(18)17-10-13-8-9-14(19-4)11(3)15(13)20-5/h8-9,12H,6-7,10H2,1-5H3,(H,17,18). The molecule has 1 aromatic rings. The van der Waals surface area contributed by atoms with E-state index < -0.39 is 0 Å². The third kappa shape index (κ3) is 3.65. The topological polar surface area (TPSA) is 47.6 Å². The van der Waals surface area contributed by atoms with Crippen LogP contribution in [0.4, 0.5) is 0 Å². The third-order valence-corrected chi connectivity index (χ3v) is 3.67. The summed E-state index contributed by atoms with van der Waals surface area (Å²) in [6.45, 7) is 6.49. The minimum Gasteiger partial charge on any atom is -0.496 e. The summed E-state index contributed by atoms with van der Waals surface area (Å²) in [6.07, 6.45) is 1.72. The Morgan fingerprint density at radius 1 is 1.20 bits per heavy atom. The molecule has 0 radical (unpaired) electrons. The van der Waals surface area contributed by atoms with Crippen molar-refractivity contribution in [3.63, 3.8) is 0 Å². The van der Waals surface area contributed by atoms with Gasteiger partial charge in [-0.3, -0.25) is 4.79 Å². The van der Waals surface area contributed by atoms with E-state index in [4.69, 9.17) is 9.47 Å². The summed E-state index contributed by atoms with van der Waals surface area (Å²) in [5.74, 6) is 1.75. The van der Waals surface area contributed by atoms with Crippen molar-refractivity contribution in [3.8, 4) is 11.5 Å². The molecule has 0 aliphatic rings. The SMILES string of the molecule is CCC(CC)C(=O)NCc1ccc(OC)c(C)c1OC. The smallest absolute Gasteiger partial charge is 0.223 e. The predicted octanol–water partition coefficient (Wildman–Crippen LogP) is 3.06. The Labute approximate surface area is 121 Å². The number of hydrogen-bond acceptors (Lipinski definition) is 3. The molecule has 0 atom stereocenters. The summed E-state index contributed by atoms with van der Waals surface area (Å²) in [7, 11) is 3.27. The largest absolute Gasteiger partial charge is 0.496 e. The predicted molar refractivity (Wildman–Crippen MR) is 80.2 cm³/mol. The minimum absolute atomic E-state index is 0.0836. The first-order chi connectivity index (χ1) is 9.58. The van der Waals surface area contributed by atoms with Crippen LogP contribution < -0.4 is 14.8 Å². The average molecular weight is 279 g/mol. The number of methoxy groups -OCH3 is 2. The van der Waals surface area contributed by atoms with Gasteiger partial charge in [0.1, 0.15) is 11.5 Å². The molecule has 1 amide bonds. The summed E-state index contributed by atoms with van der Waals surface area (Å²) in [5.41, 5.74) is 1.91. The van der Waals surface area contributed by atoms with Gasteiger partial charge in [-0.05, 0) is 31.9 Å². The molecule has 0 saturated heterocycles. The number of carbonyl (C=O) groups is 1. The second-order valence-corrected chi connectivity index (χ2v) is 4.82. The van der Waals surface area contributed by atoms with Crippen molar-refractivity contribution >= 4 is 5.91 Å². The summed E-state index contributed by atoms with van der Waals surface area (Å²) >= 11 is 0. The van der Waals surface area contributed by atoms with Crippen molar-refractivity contribution in [2.24, 2.45) is 5.92 Å². The number of amides is 1. The summed E-state index contributed by atoms with van der Waals surface area (Å²) in [4.78, 5) is 12.0. The van der Waals surface area contributed by atoms with E-state index in [1.54, 1.807) is 14.2 Å². The number of nitrogens with one attached hydrogen (secondary N) is 1. The van der Waals surface area contributed by atoms with Crippen molar-refractivity contribution < 1.29 is 14.3 Å². The highest BCUT2D eigenvalue weighted by Gasteiger charge is 2.16. The number of hydrogen-bond donors (Lipinski definition) is 1. The molecule has 0 aromatic heterocycles. The molecule has 4 heteroatoms. The molecule has 0 aliphatic carbocycles. The van der Waals surface area contributed by atoms with Gasteiger partial charge in [0.05, 0.1) is 14.2 Å². The van der Waals surface area contributed by atoms with Gasteiger partial charge in [-0.1, -0.05) is 13.8 Å². The summed E-state index contributed by atoms with van der Waals surface area (Å²) < 4.78 is 10.7. The number of rotatable bonds is 7. The maximum absolute atomic E-state index is 12.0. The fourth-order valence-electron chi connectivity index (χ4n) is 2.36. The number of carbonyl (C=O) groups excluding carboxylic acids is 1. The molecule has 0 unspecified atom stereocenters. The normalized spacial score (nSPS) is 10.5. The van der Waals surface area contributed by atoms with Crippen molar-refractivity contribution in [1.82, 2.24) is 5.32 Å². The summed E-state index contributed by atoms with van der Waals surface area (Å²) in [5, 5.41) is 2.98. The second-order valence-electron chi connectivity index (χ2n) is 4.82. The van der Waals surface area contributed by atoms with E-state index in [0.717, 1.165) is 35.5 Å². The molecule has 0 bridgehead atoms. The van der Waals surface area contributed by atoms with E-state index in [0.29, 0.717) is 6.54 Å². The van der Waals surface area contributed by atoms with Crippen LogP contribution in [-0.2, 0) is 11.3 Å². The molecule has 0 heterocycles. The molecule has 4 nitrogen and oxygen atoms in total. The lowest BCUT2D eigenvalue weighted by Crippen LogP contribution is -2.29. The van der Waals surface area contributed by atoms with Gasteiger partial charge < -0.3 is 14.8 Å². The van der Waals surface area contributed by atoms with E-state index in [2.05, 4.69) is 5.32 Å². The average Bonchev–Trinajstić information content (AvgIpc) is 2.46. The first kappa shape index (κ1) is 16.3. The van der Waals surface area contributed by atoms with E-state index in [1.165, 1.54) is 0 Å². The van der Waals surface area contributed by atoms with Gasteiger partial charge >= 0.3 is 0 Å². The van der Waals surface area contributed by atoms with Crippen LogP contribution in [0.15, 0.2) is 12.1 Å². The van der Waals surface area contributed by atoms with Gasteiger partial charge in [0.15, 0.2) is 0 Å². The monoisotopic (exact) mass is 279 g/mol. The first-order valence-electron chi connectivity index (χ1n) is 7.07. The zero-order valence-corrected chi connectivity index (χ0v) is 13.1. The third-order valence-electron chi connectivity index (χ3n) is 3.67. The molecule has 0 saturated carbocycles. The van der Waals surface area contributed by atoms with Gasteiger partial charge in [-0.15, -0.1) is 0 Å². The quantitative estimate of drug-likeness (QED) is 0.834. The van der Waals surface area contributed by atoms with Crippen LogP contribution in [0.5, 0.6) is 11.5 Å². The molecular formula is C16H25NO3. The fraction of sp³-hybridized carbons (Fsp3) is 0.562. The Bertz CT molecular complexity index is 453. The summed E-state index contributed by atoms with van der Waals surface area (Å²) in [6, 6.07) is 3.83. The molecule has 20 heavy (non-hydrogen) atoms. The van der Waals surface area contributed by atoms with Crippen LogP contribution in [0.25, 0.3) is 0 Å². The zero-order chi connectivity index (χ0) is 15.1. The van der Waals surface area contributed by atoms with E-state index in [-0.39, 0.29) is 11.8 Å². The Balaban J connectivity index is 2.83. The Hall–Kier alpha value is -1.71. The van der Waals surface area contributed by atoms with Crippen LogP contribution in [0.2, 0.25) is 0 Å². The van der Waals surface area contributed by atoms with E-state index in [1.807, 2.05) is 32.9 Å². The molecule has 112 valence electrons. The zero-order valence-electron chi connectivity index (χ0n) is 13.1. The van der Waals surface area contributed by atoms with Gasteiger partial charge in [0, 0.05) is 23.6 Å². The Morgan fingerprint density at radius 2 is 1.85 bits per heavy atom. The molecule has 0 spiro atoms. The lowest BCUT2D eigenvalue weighted by molar-refractivity contribution is -0.125. The van der Waals surface area contributed by atoms with Crippen LogP contribution in [0, 0.1) is 12.8 Å². The van der Waals surface area contributed by atoms with Crippen LogP contribution in [-0.4, -0.2) is 20.1 Å². The van der Waals surface area contributed by atoms with Gasteiger partial charge in [0.2, 0.25) is 5.91 Å². The highest BCUT2D eigenvalue weighted by molar-refractivity contribution is 5.78. The molecule has 1 N–H and O–H groups in total. The molecule has 0 aliphatic heterocycles. The fourth-order valence-corrected chi connectivity index (χ4v) is 2.36. The highest BCUT2D eigenvalue weighted by atomic mass is 16.5. The molecular weight excluding hydrogens is 254 g/mol. The van der Waals surface area contributed by atoms with Gasteiger partial charge in [0.25, 0.3) is 0 Å². The van der Waals surface area contributed by atoms with Crippen molar-refractivity contribution in [1.29, 1.82) is 0 Å². The molecule has 1 rings (SSSR count). The molecule has 1 aromatic carbocycles. The van der Waals surface area contributed by atoms with Gasteiger partial charge in [-0.25, -0.2) is 0 Å². The van der Waals surface area contributed by atoms with E-state index >= 15 is 0 Å². The first-order valence-corrected chi connectivity index (χ1v) is 7.07. The lowest BCUT2D eigenvalue weighted by atomic mass is 10.0. The maximum Gasteiger partial charge on any atom is 0.223 e. The van der Waals surface area contributed by atoms with Crippen LogP contribution in [0.3, 0.4) is 0 Å². The van der Waals surface area contributed by atoms with Crippen LogP contribution >= 0.6 is 0 Å². The van der Waals surface area contributed by atoms with Crippen molar-refractivity contribution in [2.75, 3.05) is 14.2 Å². The minimum atomic E-state index is 0.0836. The number of benzene rings is 1.